The van der Waals surface area contributed by atoms with Crippen LogP contribution in [0.5, 0.6) is 0 Å². The molecule has 0 aromatic heterocycles. The fraction of sp³-hybridized carbons (Fsp3) is 0.481. The first-order valence-electron chi connectivity index (χ1n) is 12.8. The van der Waals surface area contributed by atoms with E-state index in [-0.39, 0.29) is 49.5 Å². The number of rotatable bonds is 12. The third-order valence-corrected chi connectivity index (χ3v) is 7.89. The van der Waals surface area contributed by atoms with Crippen LogP contribution in [0.4, 0.5) is 18.9 Å². The van der Waals surface area contributed by atoms with E-state index in [1.54, 1.807) is 19.1 Å². The lowest BCUT2D eigenvalue weighted by atomic mass is 10.1. The minimum absolute atomic E-state index is 0.0515. The monoisotopic (exact) mass is 553 g/mol. The lowest BCUT2D eigenvalue weighted by Crippen LogP contribution is -2.51. The zero-order valence-corrected chi connectivity index (χ0v) is 22.4. The quantitative estimate of drug-likeness (QED) is 0.419. The van der Waals surface area contributed by atoms with Gasteiger partial charge in [0.05, 0.1) is 11.9 Å². The third-order valence-electron chi connectivity index (χ3n) is 6.70. The Morgan fingerprint density at radius 1 is 1.03 bits per heavy atom. The Hall–Kier alpha value is -3.08. The molecule has 0 heterocycles. The average Bonchev–Trinajstić information content (AvgIpc) is 3.37. The number of anilines is 1. The molecule has 0 spiro atoms. The van der Waals surface area contributed by atoms with Crippen LogP contribution in [-0.2, 0) is 26.2 Å². The summed E-state index contributed by atoms with van der Waals surface area (Å²) in [5, 5.41) is 3.04. The summed E-state index contributed by atoms with van der Waals surface area (Å²) in [7, 11) is -3.85. The van der Waals surface area contributed by atoms with Gasteiger partial charge in [-0.15, -0.1) is 0 Å². The Labute approximate surface area is 222 Å². The Morgan fingerprint density at radius 3 is 2.26 bits per heavy atom. The molecule has 1 saturated carbocycles. The van der Waals surface area contributed by atoms with E-state index < -0.39 is 33.5 Å². The largest absolute Gasteiger partial charge is 0.352 e. The minimum Gasteiger partial charge on any atom is -0.352 e. The van der Waals surface area contributed by atoms with Gasteiger partial charge in [-0.2, -0.15) is 0 Å². The summed E-state index contributed by atoms with van der Waals surface area (Å²) in [5.41, 5.74) is 0.593. The van der Waals surface area contributed by atoms with Crippen LogP contribution in [0.2, 0.25) is 0 Å². The second-order valence-corrected chi connectivity index (χ2v) is 11.5. The van der Waals surface area contributed by atoms with Crippen molar-refractivity contribution in [3.8, 4) is 0 Å². The number of halogens is 3. The van der Waals surface area contributed by atoms with Crippen LogP contribution in [0.15, 0.2) is 42.5 Å². The predicted molar refractivity (Wildman–Crippen MR) is 139 cm³/mol. The molecule has 0 aliphatic heterocycles. The van der Waals surface area contributed by atoms with Gasteiger partial charge >= 0.3 is 0 Å². The van der Waals surface area contributed by atoms with Crippen LogP contribution in [0, 0.1) is 17.5 Å². The smallest absolute Gasteiger partial charge is 0.243 e. The second-order valence-electron chi connectivity index (χ2n) is 9.60. The van der Waals surface area contributed by atoms with Crippen LogP contribution in [0.1, 0.15) is 57.4 Å². The van der Waals surface area contributed by atoms with E-state index in [0.29, 0.717) is 12.0 Å². The summed E-state index contributed by atoms with van der Waals surface area (Å²) in [6.07, 6.45) is 5.13. The van der Waals surface area contributed by atoms with Crippen molar-refractivity contribution < 1.29 is 31.2 Å². The normalized spacial score (nSPS) is 14.8. The maximum Gasteiger partial charge on any atom is 0.243 e. The van der Waals surface area contributed by atoms with Gasteiger partial charge in [-0.1, -0.05) is 31.9 Å². The third kappa shape index (κ3) is 7.96. The molecule has 1 fully saturated rings. The lowest BCUT2D eigenvalue weighted by Gasteiger charge is -2.32. The Balaban J connectivity index is 1.76. The molecule has 0 radical (unpaired) electrons. The number of carbonyl (C=O) groups excluding carboxylic acids is 2. The minimum atomic E-state index is -3.85. The van der Waals surface area contributed by atoms with Gasteiger partial charge in [0.15, 0.2) is 11.6 Å². The van der Waals surface area contributed by atoms with Gasteiger partial charge in [0, 0.05) is 31.6 Å². The molecule has 0 bridgehead atoms. The molecule has 3 rings (SSSR count). The first kappa shape index (κ1) is 29.5. The van der Waals surface area contributed by atoms with Gasteiger partial charge in [-0.05, 0) is 55.5 Å². The van der Waals surface area contributed by atoms with E-state index in [2.05, 4.69) is 5.32 Å². The number of hydrogen-bond acceptors (Lipinski definition) is 4. The van der Waals surface area contributed by atoms with Gasteiger partial charge in [0.2, 0.25) is 21.8 Å². The summed E-state index contributed by atoms with van der Waals surface area (Å²) in [6.45, 7) is 1.73. The summed E-state index contributed by atoms with van der Waals surface area (Å²) < 4.78 is 66.2. The van der Waals surface area contributed by atoms with E-state index in [0.717, 1.165) is 54.4 Å². The van der Waals surface area contributed by atoms with E-state index in [1.165, 1.54) is 17.0 Å². The molecule has 1 atom stereocenters. The topological polar surface area (TPSA) is 86.8 Å². The van der Waals surface area contributed by atoms with Crippen molar-refractivity contribution in [3.63, 3.8) is 0 Å². The highest BCUT2D eigenvalue weighted by Crippen LogP contribution is 2.23. The van der Waals surface area contributed by atoms with Crippen molar-refractivity contribution in [2.45, 2.75) is 70.5 Å². The van der Waals surface area contributed by atoms with Gasteiger partial charge in [0.25, 0.3) is 0 Å². The maximum absolute atomic E-state index is 13.7. The Kier molecular flexibility index (Phi) is 10.2. The van der Waals surface area contributed by atoms with E-state index in [4.69, 9.17) is 0 Å². The Morgan fingerprint density at radius 2 is 1.68 bits per heavy atom. The van der Waals surface area contributed by atoms with E-state index in [9.17, 15) is 31.2 Å². The molecule has 1 aliphatic rings. The first-order valence-corrected chi connectivity index (χ1v) is 14.6. The fourth-order valence-electron chi connectivity index (χ4n) is 4.72. The van der Waals surface area contributed by atoms with Gasteiger partial charge in [-0.3, -0.25) is 13.9 Å². The molecule has 2 amide bonds. The summed E-state index contributed by atoms with van der Waals surface area (Å²) in [4.78, 5) is 28.0. The number of sulfonamides is 1. The number of carbonyl (C=O) groups is 2. The van der Waals surface area contributed by atoms with Crippen molar-refractivity contribution >= 4 is 27.5 Å². The SMILES string of the molecule is CCC(C(=O)NC1CCCC1)N(Cc1ccc(F)cc1)C(=O)CCCN(c1ccc(F)c(F)c1)S(C)(=O)=O. The molecular weight excluding hydrogens is 519 g/mol. The molecule has 2 aromatic rings. The van der Waals surface area contributed by atoms with Crippen molar-refractivity contribution in [1.82, 2.24) is 10.2 Å². The van der Waals surface area contributed by atoms with Crippen LogP contribution in [-0.4, -0.2) is 50.0 Å². The van der Waals surface area contributed by atoms with Crippen LogP contribution < -0.4 is 9.62 Å². The zero-order valence-electron chi connectivity index (χ0n) is 21.6. The van der Waals surface area contributed by atoms with Crippen molar-refractivity contribution in [2.75, 3.05) is 17.1 Å². The zero-order chi connectivity index (χ0) is 27.9. The number of benzene rings is 2. The van der Waals surface area contributed by atoms with Crippen LogP contribution in [0.3, 0.4) is 0 Å². The number of nitrogens with zero attached hydrogens (tertiary/aromatic N) is 2. The summed E-state index contributed by atoms with van der Waals surface area (Å²) >= 11 is 0. The van der Waals surface area contributed by atoms with Crippen LogP contribution in [0.25, 0.3) is 0 Å². The van der Waals surface area contributed by atoms with Crippen molar-refractivity contribution in [2.24, 2.45) is 0 Å². The lowest BCUT2D eigenvalue weighted by molar-refractivity contribution is -0.141. The molecule has 2 aromatic carbocycles. The number of hydrogen-bond donors (Lipinski definition) is 1. The number of amides is 2. The standard InChI is InChI=1S/C27H34F3N3O4S/c1-3-25(27(35)31-21-7-4-5-8-21)32(18-19-10-12-20(28)13-11-19)26(34)9-6-16-33(38(2,36)37)22-14-15-23(29)24(30)17-22/h10-15,17,21,25H,3-9,16,18H2,1-2H3,(H,31,35). The highest BCUT2D eigenvalue weighted by Gasteiger charge is 2.30. The molecule has 1 N–H and O–H groups in total. The van der Waals surface area contributed by atoms with Crippen molar-refractivity contribution in [3.05, 3.63) is 65.5 Å². The average molecular weight is 554 g/mol. The predicted octanol–water partition coefficient (Wildman–Crippen LogP) is 4.52. The van der Waals surface area contributed by atoms with Gasteiger partial charge in [0.1, 0.15) is 11.9 Å². The summed E-state index contributed by atoms with van der Waals surface area (Å²) in [6, 6.07) is 7.75. The first-order chi connectivity index (χ1) is 18.0. The Bertz CT molecular complexity index is 1220. The molecule has 208 valence electrons. The molecular formula is C27H34F3N3O4S. The highest BCUT2D eigenvalue weighted by atomic mass is 32.2. The second kappa shape index (κ2) is 13.1. The maximum atomic E-state index is 13.7. The number of nitrogens with one attached hydrogen (secondary N) is 1. The fourth-order valence-corrected chi connectivity index (χ4v) is 5.67. The van der Waals surface area contributed by atoms with Crippen molar-refractivity contribution in [1.29, 1.82) is 0 Å². The molecule has 38 heavy (non-hydrogen) atoms. The highest BCUT2D eigenvalue weighted by molar-refractivity contribution is 7.92. The molecule has 0 saturated heterocycles. The van der Waals surface area contributed by atoms with Gasteiger partial charge in [-0.25, -0.2) is 21.6 Å². The van der Waals surface area contributed by atoms with E-state index >= 15 is 0 Å². The molecule has 1 unspecified atom stereocenters. The van der Waals surface area contributed by atoms with Gasteiger partial charge < -0.3 is 10.2 Å². The molecule has 11 heteroatoms. The van der Waals surface area contributed by atoms with Crippen LogP contribution >= 0.6 is 0 Å². The molecule has 1 aliphatic carbocycles. The molecule has 7 nitrogen and oxygen atoms in total. The van der Waals surface area contributed by atoms with E-state index in [1.807, 2.05) is 0 Å². The summed E-state index contributed by atoms with van der Waals surface area (Å²) in [5.74, 6) is -3.33.